The molecule has 2 amide bonds. The normalized spacial score (nSPS) is 15.4. The topological polar surface area (TPSA) is 92.3 Å². The number of hydrogen-bond acceptors (Lipinski definition) is 5. The zero-order chi connectivity index (χ0) is 17.9. The number of thiophene rings is 1. The van der Waals surface area contributed by atoms with Gasteiger partial charge in [-0.15, -0.1) is 11.3 Å². The Morgan fingerprint density at radius 3 is 2.40 bits per heavy atom. The summed E-state index contributed by atoms with van der Waals surface area (Å²) in [6.07, 6.45) is 1.75. The summed E-state index contributed by atoms with van der Waals surface area (Å²) >= 11 is 1.13. The fraction of sp³-hybridized carbons (Fsp3) is 0.294. The van der Waals surface area contributed by atoms with Crippen LogP contribution in [-0.2, 0) is 19.4 Å². The maximum Gasteiger partial charge on any atom is 0.309 e. The lowest BCUT2D eigenvalue weighted by molar-refractivity contribution is -0.139. The quantitative estimate of drug-likeness (QED) is 0.748. The van der Waals surface area contributed by atoms with Crippen molar-refractivity contribution < 1.29 is 18.0 Å². The first-order chi connectivity index (χ1) is 12.0. The van der Waals surface area contributed by atoms with Crippen LogP contribution in [0.15, 0.2) is 52.1 Å². The second kappa shape index (κ2) is 7.37. The molecule has 0 bridgehead atoms. The average Bonchev–Trinajstić information content (AvgIpc) is 3.23. The largest absolute Gasteiger partial charge is 0.346 e. The van der Waals surface area contributed by atoms with E-state index >= 15 is 0 Å². The summed E-state index contributed by atoms with van der Waals surface area (Å²) in [5, 5.41) is 5.78. The van der Waals surface area contributed by atoms with Crippen LogP contribution in [0.5, 0.6) is 0 Å². The Balaban J connectivity index is 1.77. The van der Waals surface area contributed by atoms with Crippen LogP contribution in [0.3, 0.4) is 0 Å². The van der Waals surface area contributed by atoms with E-state index in [2.05, 4.69) is 10.6 Å². The fourth-order valence-corrected chi connectivity index (χ4v) is 5.25. The summed E-state index contributed by atoms with van der Waals surface area (Å²) in [5.41, 5.74) is 0.568. The van der Waals surface area contributed by atoms with Gasteiger partial charge in [-0.25, -0.2) is 8.42 Å². The molecule has 2 aromatic rings. The first-order valence-electron chi connectivity index (χ1n) is 7.89. The number of amides is 2. The SMILES string of the molecule is O=C(NC[C@H](c1ccccc1)S(=O)(=O)c1cccs1)C(=O)NC1CC1. The van der Waals surface area contributed by atoms with E-state index in [9.17, 15) is 18.0 Å². The minimum atomic E-state index is -3.67. The predicted molar refractivity (Wildman–Crippen MR) is 94.9 cm³/mol. The van der Waals surface area contributed by atoms with Gasteiger partial charge in [-0.3, -0.25) is 9.59 Å². The molecule has 3 rings (SSSR count). The van der Waals surface area contributed by atoms with Crippen LogP contribution in [0.4, 0.5) is 0 Å². The van der Waals surface area contributed by atoms with Crippen molar-refractivity contribution in [2.45, 2.75) is 28.3 Å². The molecule has 0 unspecified atom stereocenters. The van der Waals surface area contributed by atoms with E-state index in [1.54, 1.807) is 41.8 Å². The standard InChI is InChI=1S/C17H18N2O4S2/c20-16(17(21)19-13-8-9-13)18-11-14(12-5-2-1-3-6-12)25(22,23)15-7-4-10-24-15/h1-7,10,13-14H,8-9,11H2,(H,18,20)(H,19,21)/t14-/m1/s1. The molecular weight excluding hydrogens is 360 g/mol. The Bertz CT molecular complexity index is 844. The monoisotopic (exact) mass is 378 g/mol. The smallest absolute Gasteiger partial charge is 0.309 e. The van der Waals surface area contributed by atoms with E-state index in [1.807, 2.05) is 0 Å². The van der Waals surface area contributed by atoms with Gasteiger partial charge in [0, 0.05) is 12.6 Å². The number of sulfone groups is 1. The molecule has 1 aromatic heterocycles. The van der Waals surface area contributed by atoms with Crippen LogP contribution in [0.25, 0.3) is 0 Å². The molecule has 1 aliphatic rings. The Hall–Kier alpha value is -2.19. The van der Waals surface area contributed by atoms with Gasteiger partial charge < -0.3 is 10.6 Å². The van der Waals surface area contributed by atoms with Crippen molar-refractivity contribution in [3.63, 3.8) is 0 Å². The molecule has 8 heteroatoms. The van der Waals surface area contributed by atoms with E-state index in [1.165, 1.54) is 6.07 Å². The minimum Gasteiger partial charge on any atom is -0.346 e. The molecule has 132 valence electrons. The van der Waals surface area contributed by atoms with Gasteiger partial charge in [0.2, 0.25) is 0 Å². The lowest BCUT2D eigenvalue weighted by Gasteiger charge is -2.18. The van der Waals surface area contributed by atoms with E-state index in [-0.39, 0.29) is 16.8 Å². The maximum atomic E-state index is 12.9. The third-order valence-electron chi connectivity index (χ3n) is 3.89. The van der Waals surface area contributed by atoms with Crippen LogP contribution in [-0.4, -0.2) is 32.8 Å². The van der Waals surface area contributed by atoms with Gasteiger partial charge in [-0.05, 0) is 29.9 Å². The van der Waals surface area contributed by atoms with Gasteiger partial charge in [-0.1, -0.05) is 36.4 Å². The van der Waals surface area contributed by atoms with E-state index in [0.29, 0.717) is 5.56 Å². The summed E-state index contributed by atoms with van der Waals surface area (Å²) in [6, 6.07) is 12.0. The summed E-state index contributed by atoms with van der Waals surface area (Å²) < 4.78 is 26.1. The van der Waals surface area contributed by atoms with Gasteiger partial charge in [0.25, 0.3) is 0 Å². The molecule has 1 saturated carbocycles. The van der Waals surface area contributed by atoms with Crippen LogP contribution in [0.2, 0.25) is 0 Å². The molecule has 1 fully saturated rings. The molecule has 1 heterocycles. The van der Waals surface area contributed by atoms with Crippen molar-refractivity contribution >= 4 is 33.0 Å². The van der Waals surface area contributed by atoms with Crippen LogP contribution < -0.4 is 10.6 Å². The summed E-state index contributed by atoms with van der Waals surface area (Å²) in [4.78, 5) is 23.7. The highest BCUT2D eigenvalue weighted by Gasteiger charge is 2.32. The molecule has 1 aromatic carbocycles. The summed E-state index contributed by atoms with van der Waals surface area (Å²) in [6.45, 7) is -0.166. The fourth-order valence-electron chi connectivity index (χ4n) is 2.38. The van der Waals surface area contributed by atoms with E-state index < -0.39 is 26.9 Å². The van der Waals surface area contributed by atoms with Crippen LogP contribution in [0, 0.1) is 0 Å². The Morgan fingerprint density at radius 2 is 1.80 bits per heavy atom. The number of nitrogens with one attached hydrogen (secondary N) is 2. The Labute approximate surface area is 150 Å². The Morgan fingerprint density at radius 1 is 1.08 bits per heavy atom. The molecular formula is C17H18N2O4S2. The molecule has 0 spiro atoms. The molecule has 6 nitrogen and oxygen atoms in total. The molecule has 2 N–H and O–H groups in total. The van der Waals surface area contributed by atoms with Crippen molar-refractivity contribution in [3.8, 4) is 0 Å². The predicted octanol–water partition coefficient (Wildman–Crippen LogP) is 1.66. The van der Waals surface area contributed by atoms with Crippen LogP contribution in [0.1, 0.15) is 23.7 Å². The lowest BCUT2D eigenvalue weighted by Crippen LogP contribution is -2.43. The molecule has 1 atom stereocenters. The third-order valence-corrected chi connectivity index (χ3v) is 7.42. The average molecular weight is 378 g/mol. The number of hydrogen-bond donors (Lipinski definition) is 2. The first-order valence-corrected chi connectivity index (χ1v) is 10.3. The van der Waals surface area contributed by atoms with Crippen molar-refractivity contribution in [1.29, 1.82) is 0 Å². The number of benzene rings is 1. The van der Waals surface area contributed by atoms with Crippen molar-refractivity contribution in [2.24, 2.45) is 0 Å². The van der Waals surface area contributed by atoms with Gasteiger partial charge in [0.05, 0.1) is 0 Å². The van der Waals surface area contributed by atoms with Crippen LogP contribution >= 0.6 is 11.3 Å². The zero-order valence-corrected chi connectivity index (χ0v) is 15.0. The first kappa shape index (κ1) is 17.6. The summed E-state index contributed by atoms with van der Waals surface area (Å²) in [7, 11) is -3.67. The number of carbonyl (C=O) groups is 2. The second-order valence-corrected chi connectivity index (χ2v) is 9.14. The molecule has 25 heavy (non-hydrogen) atoms. The third kappa shape index (κ3) is 4.26. The molecule has 1 aliphatic carbocycles. The molecule has 0 aliphatic heterocycles. The zero-order valence-electron chi connectivity index (χ0n) is 13.3. The lowest BCUT2D eigenvalue weighted by atomic mass is 10.1. The second-order valence-electron chi connectivity index (χ2n) is 5.83. The highest BCUT2D eigenvalue weighted by molar-refractivity contribution is 7.93. The van der Waals surface area contributed by atoms with Gasteiger partial charge in [0.1, 0.15) is 9.46 Å². The summed E-state index contributed by atoms with van der Waals surface area (Å²) in [5.74, 6) is -1.53. The minimum absolute atomic E-state index is 0.0676. The highest BCUT2D eigenvalue weighted by atomic mass is 32.2. The Kier molecular flexibility index (Phi) is 5.19. The van der Waals surface area contributed by atoms with E-state index in [0.717, 1.165) is 24.2 Å². The maximum absolute atomic E-state index is 12.9. The van der Waals surface area contributed by atoms with Crippen molar-refractivity contribution in [1.82, 2.24) is 10.6 Å². The molecule has 0 saturated heterocycles. The highest BCUT2D eigenvalue weighted by Crippen LogP contribution is 2.31. The number of carbonyl (C=O) groups excluding carboxylic acids is 2. The van der Waals surface area contributed by atoms with Gasteiger partial charge in [-0.2, -0.15) is 0 Å². The number of rotatable bonds is 6. The molecule has 0 radical (unpaired) electrons. The van der Waals surface area contributed by atoms with Gasteiger partial charge >= 0.3 is 11.8 Å². The van der Waals surface area contributed by atoms with Gasteiger partial charge in [0.15, 0.2) is 9.84 Å². The van der Waals surface area contributed by atoms with Crippen molar-refractivity contribution in [2.75, 3.05) is 6.54 Å². The van der Waals surface area contributed by atoms with Crippen molar-refractivity contribution in [3.05, 3.63) is 53.4 Å². The van der Waals surface area contributed by atoms with E-state index in [4.69, 9.17) is 0 Å².